The molecule has 0 bridgehead atoms. The highest BCUT2D eigenvalue weighted by Gasteiger charge is 2.25. The quantitative estimate of drug-likeness (QED) is 0.711. The number of hydrogen-bond acceptors (Lipinski definition) is 4. The number of carbonyl (C=O) groups is 1. The lowest BCUT2D eigenvalue weighted by Gasteiger charge is -2.38. The molecule has 1 amide bonds. The second-order valence-corrected chi connectivity index (χ2v) is 7.32. The average molecular weight is 363 g/mol. The Morgan fingerprint density at radius 1 is 1.22 bits per heavy atom. The summed E-state index contributed by atoms with van der Waals surface area (Å²) in [6.07, 6.45) is 5.85. The van der Waals surface area contributed by atoms with Gasteiger partial charge in [0.05, 0.1) is 12.7 Å². The number of hydrogen-bond donors (Lipinski definition) is 0. The number of amides is 1. The van der Waals surface area contributed by atoms with Crippen LogP contribution in [0.3, 0.4) is 0 Å². The topological polar surface area (TPSA) is 49.6 Å². The average Bonchev–Trinajstić information content (AvgIpc) is 3.10. The van der Waals surface area contributed by atoms with Gasteiger partial charge < -0.3 is 9.32 Å². The van der Waals surface area contributed by atoms with Gasteiger partial charge in [0.25, 0.3) is 0 Å². The van der Waals surface area contributed by atoms with Crippen LogP contribution in [0.5, 0.6) is 0 Å². The maximum Gasteiger partial charge on any atom is 0.227 e. The number of carbonyl (C=O) groups excluding carboxylic acids is 1. The first-order valence-electron chi connectivity index (χ1n) is 9.50. The lowest BCUT2D eigenvalue weighted by atomic mass is 10.1. The van der Waals surface area contributed by atoms with Crippen molar-refractivity contribution >= 4 is 16.9 Å². The van der Waals surface area contributed by atoms with Crippen LogP contribution in [-0.4, -0.2) is 46.9 Å². The van der Waals surface area contributed by atoms with E-state index in [9.17, 15) is 4.79 Å². The smallest absolute Gasteiger partial charge is 0.227 e. The van der Waals surface area contributed by atoms with E-state index in [0.29, 0.717) is 12.5 Å². The molecule has 1 aromatic carbocycles. The number of aryl methyl sites for hydroxylation is 1. The number of nitrogens with zero attached hydrogens (tertiary/aromatic N) is 3. The van der Waals surface area contributed by atoms with Crippen LogP contribution in [0.2, 0.25) is 0 Å². The van der Waals surface area contributed by atoms with Crippen LogP contribution in [-0.2, 0) is 11.2 Å². The standard InChI is InChI=1S/C22H25N3O2/c1-16-5-6-20-19(15-27-21(20)12-16)13-22(26)25-10-8-24(9-11-25)17(2)18-4-3-7-23-14-18/h3-7,12,14-15,17H,8-11,13H2,1-2H3. The summed E-state index contributed by atoms with van der Waals surface area (Å²) in [5.41, 5.74) is 4.21. The lowest BCUT2D eigenvalue weighted by Crippen LogP contribution is -2.49. The Labute approximate surface area is 159 Å². The normalized spacial score (nSPS) is 16.6. The maximum absolute atomic E-state index is 12.8. The molecule has 0 N–H and O–H groups in total. The third-order valence-electron chi connectivity index (χ3n) is 5.53. The fourth-order valence-electron chi connectivity index (χ4n) is 3.79. The van der Waals surface area contributed by atoms with E-state index in [2.05, 4.69) is 28.9 Å². The molecule has 140 valence electrons. The van der Waals surface area contributed by atoms with Crippen molar-refractivity contribution in [1.82, 2.24) is 14.8 Å². The van der Waals surface area contributed by atoms with Gasteiger partial charge in [0, 0.05) is 55.6 Å². The highest BCUT2D eigenvalue weighted by Crippen LogP contribution is 2.24. The van der Waals surface area contributed by atoms with E-state index in [0.717, 1.165) is 48.3 Å². The van der Waals surface area contributed by atoms with Gasteiger partial charge in [-0.2, -0.15) is 0 Å². The molecule has 27 heavy (non-hydrogen) atoms. The molecule has 3 heterocycles. The Morgan fingerprint density at radius 2 is 2.04 bits per heavy atom. The highest BCUT2D eigenvalue weighted by atomic mass is 16.3. The van der Waals surface area contributed by atoms with Crippen molar-refractivity contribution in [2.75, 3.05) is 26.2 Å². The Kier molecular flexibility index (Phi) is 4.94. The largest absolute Gasteiger partial charge is 0.464 e. The summed E-state index contributed by atoms with van der Waals surface area (Å²) in [5.74, 6) is 0.173. The Hall–Kier alpha value is -2.66. The van der Waals surface area contributed by atoms with Gasteiger partial charge in [-0.3, -0.25) is 14.7 Å². The van der Waals surface area contributed by atoms with E-state index in [1.54, 1.807) is 12.5 Å². The second-order valence-electron chi connectivity index (χ2n) is 7.32. The molecule has 0 radical (unpaired) electrons. The lowest BCUT2D eigenvalue weighted by molar-refractivity contribution is -0.132. The minimum atomic E-state index is 0.173. The second kappa shape index (κ2) is 7.53. The Bertz CT molecular complexity index is 927. The van der Waals surface area contributed by atoms with Gasteiger partial charge in [0.2, 0.25) is 5.91 Å². The molecule has 4 rings (SSSR count). The molecule has 0 spiro atoms. The predicted molar refractivity (Wildman–Crippen MR) is 105 cm³/mol. The molecule has 1 saturated heterocycles. The first-order chi connectivity index (χ1) is 13.1. The molecule has 5 heteroatoms. The van der Waals surface area contributed by atoms with Crippen LogP contribution in [0.15, 0.2) is 53.4 Å². The number of benzene rings is 1. The van der Waals surface area contributed by atoms with Crippen LogP contribution in [0, 0.1) is 6.92 Å². The molecule has 1 atom stereocenters. The zero-order chi connectivity index (χ0) is 18.8. The summed E-state index contributed by atoms with van der Waals surface area (Å²) < 4.78 is 5.63. The molecule has 0 saturated carbocycles. The fraction of sp³-hybridized carbons (Fsp3) is 0.364. The molecule has 1 aliphatic heterocycles. The third kappa shape index (κ3) is 3.74. The Morgan fingerprint density at radius 3 is 2.78 bits per heavy atom. The number of furan rings is 1. The van der Waals surface area contributed by atoms with E-state index >= 15 is 0 Å². The van der Waals surface area contributed by atoms with Crippen LogP contribution in [0.4, 0.5) is 0 Å². The molecule has 1 unspecified atom stereocenters. The molecule has 1 aliphatic rings. The third-order valence-corrected chi connectivity index (χ3v) is 5.53. The number of rotatable bonds is 4. The highest BCUT2D eigenvalue weighted by molar-refractivity contribution is 5.88. The zero-order valence-electron chi connectivity index (χ0n) is 15.9. The van der Waals surface area contributed by atoms with Gasteiger partial charge in [-0.05, 0) is 37.1 Å². The number of fused-ring (bicyclic) bond motifs is 1. The minimum absolute atomic E-state index is 0.173. The van der Waals surface area contributed by atoms with E-state index in [-0.39, 0.29) is 5.91 Å². The van der Waals surface area contributed by atoms with Gasteiger partial charge >= 0.3 is 0 Å². The van der Waals surface area contributed by atoms with Crippen LogP contribution in [0.25, 0.3) is 11.0 Å². The molecular weight excluding hydrogens is 338 g/mol. The van der Waals surface area contributed by atoms with E-state index in [1.165, 1.54) is 5.56 Å². The summed E-state index contributed by atoms with van der Waals surface area (Å²) in [5, 5.41) is 1.04. The van der Waals surface area contributed by atoms with Crippen molar-refractivity contribution < 1.29 is 9.21 Å². The number of piperazine rings is 1. The molecule has 5 nitrogen and oxygen atoms in total. The van der Waals surface area contributed by atoms with Gasteiger partial charge in [0.15, 0.2) is 0 Å². The maximum atomic E-state index is 12.8. The van der Waals surface area contributed by atoms with Crippen molar-refractivity contribution in [3.63, 3.8) is 0 Å². The fourth-order valence-corrected chi connectivity index (χ4v) is 3.79. The van der Waals surface area contributed by atoms with Crippen molar-refractivity contribution in [2.45, 2.75) is 26.3 Å². The first kappa shape index (κ1) is 17.7. The van der Waals surface area contributed by atoms with Crippen LogP contribution >= 0.6 is 0 Å². The molecule has 1 fully saturated rings. The van der Waals surface area contributed by atoms with Crippen molar-refractivity contribution in [1.29, 1.82) is 0 Å². The summed E-state index contributed by atoms with van der Waals surface area (Å²) in [6, 6.07) is 10.5. The van der Waals surface area contributed by atoms with Crippen molar-refractivity contribution in [3.05, 3.63) is 65.7 Å². The van der Waals surface area contributed by atoms with Gasteiger partial charge in [-0.25, -0.2) is 0 Å². The monoisotopic (exact) mass is 363 g/mol. The molecule has 0 aliphatic carbocycles. The van der Waals surface area contributed by atoms with Gasteiger partial charge in [0.1, 0.15) is 5.58 Å². The van der Waals surface area contributed by atoms with Crippen LogP contribution < -0.4 is 0 Å². The van der Waals surface area contributed by atoms with E-state index in [1.807, 2.05) is 36.2 Å². The molecule has 2 aromatic heterocycles. The summed E-state index contributed by atoms with van der Waals surface area (Å²) in [6.45, 7) is 7.53. The SMILES string of the molecule is Cc1ccc2c(CC(=O)N3CCN(C(C)c4cccnc4)CC3)coc2c1. The number of pyridine rings is 1. The predicted octanol–water partition coefficient (Wildman–Crippen LogP) is 3.58. The molecule has 3 aromatic rings. The Balaban J connectivity index is 1.37. The van der Waals surface area contributed by atoms with Crippen LogP contribution in [0.1, 0.15) is 29.7 Å². The van der Waals surface area contributed by atoms with Crippen molar-refractivity contribution in [2.24, 2.45) is 0 Å². The number of aromatic nitrogens is 1. The summed E-state index contributed by atoms with van der Waals surface area (Å²) >= 11 is 0. The minimum Gasteiger partial charge on any atom is -0.464 e. The summed E-state index contributed by atoms with van der Waals surface area (Å²) in [7, 11) is 0. The molecular formula is C22H25N3O2. The van der Waals surface area contributed by atoms with Gasteiger partial charge in [-0.15, -0.1) is 0 Å². The van der Waals surface area contributed by atoms with Gasteiger partial charge in [-0.1, -0.05) is 18.2 Å². The van der Waals surface area contributed by atoms with E-state index in [4.69, 9.17) is 4.42 Å². The van der Waals surface area contributed by atoms with E-state index < -0.39 is 0 Å². The first-order valence-corrected chi connectivity index (χ1v) is 9.50. The summed E-state index contributed by atoms with van der Waals surface area (Å²) in [4.78, 5) is 21.4. The van der Waals surface area contributed by atoms with Crippen molar-refractivity contribution in [3.8, 4) is 0 Å². The zero-order valence-corrected chi connectivity index (χ0v) is 15.9.